The molecule has 5 nitrogen and oxygen atoms in total. The van der Waals surface area contributed by atoms with Crippen LogP contribution in [0.4, 0.5) is 0 Å². The number of aromatic nitrogens is 2. The van der Waals surface area contributed by atoms with E-state index < -0.39 is 5.97 Å². The lowest BCUT2D eigenvalue weighted by atomic mass is 9.92. The maximum atomic E-state index is 10.7. The van der Waals surface area contributed by atoms with Crippen molar-refractivity contribution < 1.29 is 9.90 Å². The molecule has 0 amide bonds. The Morgan fingerprint density at radius 1 is 1.53 bits per heavy atom. The summed E-state index contributed by atoms with van der Waals surface area (Å²) in [5, 5.41) is 13.1. The Hall–Kier alpha value is -1.36. The molecule has 0 aliphatic carbocycles. The summed E-state index contributed by atoms with van der Waals surface area (Å²) in [4.78, 5) is 13.1. The summed E-state index contributed by atoms with van der Waals surface area (Å²) in [6.07, 6.45) is 6.33. The van der Waals surface area contributed by atoms with E-state index in [1.807, 2.05) is 10.9 Å². The van der Waals surface area contributed by atoms with E-state index in [1.165, 1.54) is 5.56 Å². The highest BCUT2D eigenvalue weighted by atomic mass is 16.4. The molecule has 106 valence electrons. The van der Waals surface area contributed by atoms with Gasteiger partial charge in [0, 0.05) is 30.8 Å². The summed E-state index contributed by atoms with van der Waals surface area (Å²) in [5.74, 6) is -0.324. The van der Waals surface area contributed by atoms with Crippen LogP contribution < -0.4 is 0 Å². The van der Waals surface area contributed by atoms with Crippen LogP contribution in [0.5, 0.6) is 0 Å². The number of likely N-dealkylation sites (tertiary alicyclic amines) is 1. The predicted molar refractivity (Wildman–Crippen MR) is 72.9 cm³/mol. The van der Waals surface area contributed by atoms with Crippen molar-refractivity contribution in [1.82, 2.24) is 14.7 Å². The van der Waals surface area contributed by atoms with E-state index in [4.69, 9.17) is 5.11 Å². The number of aryl methyl sites for hydroxylation is 1. The number of aliphatic carboxylic acids is 1. The maximum Gasteiger partial charge on any atom is 0.303 e. The smallest absolute Gasteiger partial charge is 0.303 e. The van der Waals surface area contributed by atoms with E-state index in [1.54, 1.807) is 0 Å². The molecule has 1 aromatic heterocycles. The Morgan fingerprint density at radius 3 is 2.74 bits per heavy atom. The van der Waals surface area contributed by atoms with E-state index in [9.17, 15) is 4.79 Å². The first kappa shape index (κ1) is 14.1. The van der Waals surface area contributed by atoms with Gasteiger partial charge in [0.1, 0.15) is 0 Å². The molecule has 0 aromatic carbocycles. The van der Waals surface area contributed by atoms with Gasteiger partial charge >= 0.3 is 5.97 Å². The van der Waals surface area contributed by atoms with Crippen LogP contribution in [0.2, 0.25) is 0 Å². The quantitative estimate of drug-likeness (QED) is 0.886. The van der Waals surface area contributed by atoms with Gasteiger partial charge in [-0.2, -0.15) is 5.10 Å². The first-order valence-corrected chi connectivity index (χ1v) is 7.08. The molecule has 1 aliphatic heterocycles. The molecule has 0 spiro atoms. The minimum Gasteiger partial charge on any atom is -0.481 e. The van der Waals surface area contributed by atoms with Gasteiger partial charge in [0.05, 0.1) is 6.20 Å². The summed E-state index contributed by atoms with van der Waals surface area (Å²) in [6.45, 7) is 7.15. The standard InChI is InChI=1S/C14H23N3O2/c1-3-17-10-13(9-15-17)11(2)16-6-4-12(5-7-16)8-14(18)19/h9-12H,3-8H2,1-2H3,(H,18,19). The number of nitrogens with zero attached hydrogens (tertiary/aromatic N) is 3. The molecule has 5 heteroatoms. The summed E-state index contributed by atoms with van der Waals surface area (Å²) >= 11 is 0. The lowest BCUT2D eigenvalue weighted by molar-refractivity contribution is -0.138. The molecule has 1 N–H and O–H groups in total. The van der Waals surface area contributed by atoms with Gasteiger partial charge in [-0.15, -0.1) is 0 Å². The number of carbonyl (C=O) groups is 1. The fraction of sp³-hybridized carbons (Fsp3) is 0.714. The van der Waals surface area contributed by atoms with Gasteiger partial charge in [0.2, 0.25) is 0 Å². The van der Waals surface area contributed by atoms with Crippen molar-refractivity contribution in [3.8, 4) is 0 Å². The molecule has 0 bridgehead atoms. The molecule has 1 unspecified atom stereocenters. The van der Waals surface area contributed by atoms with Crippen molar-refractivity contribution in [2.24, 2.45) is 5.92 Å². The molecular formula is C14H23N3O2. The fourth-order valence-corrected chi connectivity index (χ4v) is 2.77. The molecule has 0 radical (unpaired) electrons. The van der Waals surface area contributed by atoms with E-state index in [2.05, 4.69) is 30.0 Å². The maximum absolute atomic E-state index is 10.7. The second-order valence-electron chi connectivity index (χ2n) is 5.38. The van der Waals surface area contributed by atoms with Gasteiger partial charge in [-0.3, -0.25) is 14.4 Å². The molecule has 1 atom stereocenters. The lowest BCUT2D eigenvalue weighted by Gasteiger charge is -2.35. The van der Waals surface area contributed by atoms with Gasteiger partial charge in [0.15, 0.2) is 0 Å². The lowest BCUT2D eigenvalue weighted by Crippen LogP contribution is -2.36. The summed E-state index contributed by atoms with van der Waals surface area (Å²) in [7, 11) is 0. The van der Waals surface area contributed by atoms with Crippen LogP contribution in [0.1, 0.15) is 44.7 Å². The number of hydrogen-bond acceptors (Lipinski definition) is 3. The third-order valence-electron chi connectivity index (χ3n) is 4.12. The van der Waals surface area contributed by atoms with Crippen LogP contribution in [-0.2, 0) is 11.3 Å². The Morgan fingerprint density at radius 2 is 2.21 bits per heavy atom. The number of carboxylic acid groups (broad SMARTS) is 1. The van der Waals surface area contributed by atoms with Crippen molar-refractivity contribution >= 4 is 5.97 Å². The Balaban J connectivity index is 1.88. The van der Waals surface area contributed by atoms with Crippen molar-refractivity contribution in [2.45, 2.75) is 45.7 Å². The minimum atomic E-state index is -0.671. The van der Waals surface area contributed by atoms with Gasteiger partial charge < -0.3 is 5.11 Å². The zero-order chi connectivity index (χ0) is 13.8. The van der Waals surface area contributed by atoms with E-state index >= 15 is 0 Å². The highest BCUT2D eigenvalue weighted by molar-refractivity contribution is 5.67. The van der Waals surface area contributed by atoms with Crippen LogP contribution >= 0.6 is 0 Å². The van der Waals surface area contributed by atoms with Gasteiger partial charge in [-0.1, -0.05) is 0 Å². The monoisotopic (exact) mass is 265 g/mol. The highest BCUT2D eigenvalue weighted by Gasteiger charge is 2.25. The first-order chi connectivity index (χ1) is 9.10. The molecule has 2 heterocycles. The third kappa shape index (κ3) is 3.56. The van der Waals surface area contributed by atoms with Crippen LogP contribution in [-0.4, -0.2) is 38.8 Å². The number of rotatable bonds is 5. The number of piperidine rings is 1. The van der Waals surface area contributed by atoms with Crippen LogP contribution in [0.15, 0.2) is 12.4 Å². The van der Waals surface area contributed by atoms with E-state index in [-0.39, 0.29) is 0 Å². The molecule has 2 rings (SSSR count). The largest absolute Gasteiger partial charge is 0.481 e. The second-order valence-corrected chi connectivity index (χ2v) is 5.38. The normalized spacial score (nSPS) is 19.5. The third-order valence-corrected chi connectivity index (χ3v) is 4.12. The molecule has 0 saturated carbocycles. The van der Waals surface area contributed by atoms with Gasteiger partial charge in [-0.25, -0.2) is 0 Å². The van der Waals surface area contributed by atoms with E-state index in [0.29, 0.717) is 18.4 Å². The highest BCUT2D eigenvalue weighted by Crippen LogP contribution is 2.27. The fourth-order valence-electron chi connectivity index (χ4n) is 2.77. The summed E-state index contributed by atoms with van der Waals surface area (Å²) in [6, 6.07) is 0.367. The van der Waals surface area contributed by atoms with E-state index in [0.717, 1.165) is 32.5 Å². The SMILES string of the molecule is CCn1cc(C(C)N2CCC(CC(=O)O)CC2)cn1. The molecule has 19 heavy (non-hydrogen) atoms. The average molecular weight is 265 g/mol. The van der Waals surface area contributed by atoms with Crippen LogP contribution in [0.3, 0.4) is 0 Å². The topological polar surface area (TPSA) is 58.4 Å². The van der Waals surface area contributed by atoms with Crippen molar-refractivity contribution in [3.05, 3.63) is 18.0 Å². The average Bonchev–Trinajstić information content (AvgIpc) is 2.87. The minimum absolute atomic E-state index is 0.315. The summed E-state index contributed by atoms with van der Waals surface area (Å²) < 4.78 is 1.95. The Bertz CT molecular complexity index is 422. The Labute approximate surface area is 114 Å². The predicted octanol–water partition coefficient (Wildman–Crippen LogP) is 2.15. The van der Waals surface area contributed by atoms with Crippen molar-refractivity contribution in [2.75, 3.05) is 13.1 Å². The molecular weight excluding hydrogens is 242 g/mol. The molecule has 1 saturated heterocycles. The molecule has 1 fully saturated rings. The van der Waals surface area contributed by atoms with Crippen LogP contribution in [0.25, 0.3) is 0 Å². The zero-order valence-corrected chi connectivity index (χ0v) is 11.7. The zero-order valence-electron chi connectivity index (χ0n) is 11.7. The number of carboxylic acids is 1. The second kappa shape index (κ2) is 6.19. The van der Waals surface area contributed by atoms with Crippen LogP contribution in [0, 0.1) is 5.92 Å². The van der Waals surface area contributed by atoms with Gasteiger partial charge in [-0.05, 0) is 45.7 Å². The first-order valence-electron chi connectivity index (χ1n) is 7.08. The molecule has 1 aromatic rings. The van der Waals surface area contributed by atoms with Crippen molar-refractivity contribution in [3.63, 3.8) is 0 Å². The molecule has 1 aliphatic rings. The Kier molecular flexibility index (Phi) is 4.58. The summed E-state index contributed by atoms with van der Waals surface area (Å²) in [5.41, 5.74) is 1.25. The van der Waals surface area contributed by atoms with Crippen molar-refractivity contribution in [1.29, 1.82) is 0 Å². The van der Waals surface area contributed by atoms with Gasteiger partial charge in [0.25, 0.3) is 0 Å². The number of hydrogen-bond donors (Lipinski definition) is 1.